The molecule has 2 rings (SSSR count). The summed E-state index contributed by atoms with van der Waals surface area (Å²) >= 11 is 0. The summed E-state index contributed by atoms with van der Waals surface area (Å²) in [7, 11) is 1.46. The molecule has 2 heterocycles. The van der Waals surface area contributed by atoms with Gasteiger partial charge in [0.15, 0.2) is 0 Å². The van der Waals surface area contributed by atoms with Crippen LogP contribution in [0.25, 0.3) is 0 Å². The van der Waals surface area contributed by atoms with E-state index < -0.39 is 30.0 Å². The minimum absolute atomic E-state index is 0.0258. The SMILES string of the molecule is COc1ccc(C2CN(C(=O)OC(C)(C)C)CCC2(F)F)cn1. The molecular weight excluding hydrogens is 306 g/mol. The summed E-state index contributed by atoms with van der Waals surface area (Å²) in [6.45, 7) is 5.11. The van der Waals surface area contributed by atoms with Gasteiger partial charge in [-0.15, -0.1) is 0 Å². The molecule has 1 aromatic heterocycles. The summed E-state index contributed by atoms with van der Waals surface area (Å²) in [5.41, 5.74) is -0.280. The fourth-order valence-electron chi connectivity index (χ4n) is 2.46. The molecule has 5 nitrogen and oxygen atoms in total. The van der Waals surface area contributed by atoms with Crippen molar-refractivity contribution < 1.29 is 23.0 Å². The third-order valence-electron chi connectivity index (χ3n) is 3.65. The smallest absolute Gasteiger partial charge is 0.410 e. The van der Waals surface area contributed by atoms with Crippen molar-refractivity contribution in [3.8, 4) is 5.88 Å². The van der Waals surface area contributed by atoms with E-state index in [0.717, 1.165) is 0 Å². The Morgan fingerprint density at radius 2 is 2.09 bits per heavy atom. The van der Waals surface area contributed by atoms with Crippen molar-refractivity contribution in [1.29, 1.82) is 0 Å². The summed E-state index contributed by atoms with van der Waals surface area (Å²) in [6.07, 6.45) is 0.401. The lowest BCUT2D eigenvalue weighted by Crippen LogP contribution is -2.49. The van der Waals surface area contributed by atoms with Gasteiger partial charge in [-0.05, 0) is 26.3 Å². The number of methoxy groups -OCH3 is 1. The number of amides is 1. The van der Waals surface area contributed by atoms with Crippen molar-refractivity contribution in [1.82, 2.24) is 9.88 Å². The van der Waals surface area contributed by atoms with Crippen LogP contribution >= 0.6 is 0 Å². The highest BCUT2D eigenvalue weighted by Crippen LogP contribution is 2.40. The van der Waals surface area contributed by atoms with E-state index in [9.17, 15) is 13.6 Å². The first kappa shape index (κ1) is 17.4. The number of carbonyl (C=O) groups is 1. The molecule has 1 aliphatic heterocycles. The monoisotopic (exact) mass is 328 g/mol. The Morgan fingerprint density at radius 1 is 1.39 bits per heavy atom. The van der Waals surface area contributed by atoms with Crippen LogP contribution in [-0.4, -0.2) is 47.7 Å². The van der Waals surface area contributed by atoms with E-state index >= 15 is 0 Å². The highest BCUT2D eigenvalue weighted by Gasteiger charge is 2.46. The van der Waals surface area contributed by atoms with Gasteiger partial charge in [0.2, 0.25) is 5.88 Å². The van der Waals surface area contributed by atoms with E-state index in [1.165, 1.54) is 24.3 Å². The highest BCUT2D eigenvalue weighted by atomic mass is 19.3. The predicted octanol–water partition coefficient (Wildman–Crippen LogP) is 3.45. The normalized spacial score (nSPS) is 21.0. The average Bonchev–Trinajstić information content (AvgIpc) is 2.45. The van der Waals surface area contributed by atoms with Crippen molar-refractivity contribution in [2.75, 3.05) is 20.2 Å². The minimum atomic E-state index is -2.89. The summed E-state index contributed by atoms with van der Waals surface area (Å²) < 4.78 is 38.8. The maximum atomic E-state index is 14.3. The Morgan fingerprint density at radius 3 is 2.61 bits per heavy atom. The fourth-order valence-corrected chi connectivity index (χ4v) is 2.46. The number of hydrogen-bond acceptors (Lipinski definition) is 4. The molecule has 0 aliphatic carbocycles. The highest BCUT2D eigenvalue weighted by molar-refractivity contribution is 5.68. The second kappa shape index (κ2) is 6.29. The number of rotatable bonds is 2. The van der Waals surface area contributed by atoms with Crippen LogP contribution in [0, 0.1) is 0 Å². The van der Waals surface area contributed by atoms with Gasteiger partial charge < -0.3 is 14.4 Å². The van der Waals surface area contributed by atoms with Crippen LogP contribution < -0.4 is 4.74 Å². The van der Waals surface area contributed by atoms with Gasteiger partial charge in [-0.2, -0.15) is 0 Å². The third kappa shape index (κ3) is 4.30. The molecule has 0 aromatic carbocycles. The number of carbonyl (C=O) groups excluding carboxylic acids is 1. The lowest BCUT2D eigenvalue weighted by molar-refractivity contribution is -0.0771. The Labute approximate surface area is 134 Å². The van der Waals surface area contributed by atoms with Crippen LogP contribution in [0.3, 0.4) is 0 Å². The van der Waals surface area contributed by atoms with Gasteiger partial charge in [0.25, 0.3) is 5.92 Å². The van der Waals surface area contributed by atoms with Crippen molar-refractivity contribution in [2.45, 2.75) is 44.6 Å². The summed E-state index contributed by atoms with van der Waals surface area (Å²) in [4.78, 5) is 17.4. The fraction of sp³-hybridized carbons (Fsp3) is 0.625. The number of hydrogen-bond donors (Lipinski definition) is 0. The first-order valence-corrected chi connectivity index (χ1v) is 7.48. The molecule has 1 unspecified atom stereocenters. The summed E-state index contributed by atoms with van der Waals surface area (Å²) in [5, 5.41) is 0. The Kier molecular flexibility index (Phi) is 4.77. The molecule has 1 aromatic rings. The molecule has 128 valence electrons. The zero-order valence-electron chi connectivity index (χ0n) is 13.8. The first-order valence-electron chi connectivity index (χ1n) is 7.48. The number of pyridine rings is 1. The molecule has 0 radical (unpaired) electrons. The minimum Gasteiger partial charge on any atom is -0.481 e. The van der Waals surface area contributed by atoms with Crippen molar-refractivity contribution in [2.24, 2.45) is 0 Å². The van der Waals surface area contributed by atoms with Gasteiger partial charge in [0, 0.05) is 31.8 Å². The van der Waals surface area contributed by atoms with E-state index in [1.807, 2.05) is 0 Å². The molecule has 1 atom stereocenters. The van der Waals surface area contributed by atoms with E-state index in [4.69, 9.17) is 9.47 Å². The van der Waals surface area contributed by atoms with Gasteiger partial charge in [-0.25, -0.2) is 18.6 Å². The van der Waals surface area contributed by atoms with Gasteiger partial charge in [-0.1, -0.05) is 6.07 Å². The Bertz CT molecular complexity index is 555. The molecule has 1 saturated heterocycles. The molecule has 1 aliphatic rings. The van der Waals surface area contributed by atoms with Crippen molar-refractivity contribution >= 4 is 6.09 Å². The number of nitrogens with zero attached hydrogens (tertiary/aromatic N) is 2. The summed E-state index contributed by atoms with van der Waals surface area (Å²) in [5.74, 6) is -3.64. The van der Waals surface area contributed by atoms with Crippen LogP contribution in [0.1, 0.15) is 38.7 Å². The number of alkyl halides is 2. The largest absolute Gasteiger partial charge is 0.481 e. The topological polar surface area (TPSA) is 51.7 Å². The third-order valence-corrected chi connectivity index (χ3v) is 3.65. The number of piperidine rings is 1. The predicted molar refractivity (Wildman–Crippen MR) is 80.9 cm³/mol. The van der Waals surface area contributed by atoms with E-state index in [-0.39, 0.29) is 13.1 Å². The lowest BCUT2D eigenvalue weighted by atomic mass is 9.88. The molecule has 23 heavy (non-hydrogen) atoms. The van der Waals surface area contributed by atoms with E-state index in [1.54, 1.807) is 26.8 Å². The first-order chi connectivity index (χ1) is 10.6. The van der Waals surface area contributed by atoms with Gasteiger partial charge in [0.1, 0.15) is 5.60 Å². The zero-order chi connectivity index (χ0) is 17.3. The second-order valence-electron chi connectivity index (χ2n) is 6.62. The van der Waals surface area contributed by atoms with Crippen LogP contribution in [0.2, 0.25) is 0 Å². The van der Waals surface area contributed by atoms with Gasteiger partial charge in [0.05, 0.1) is 13.0 Å². The van der Waals surface area contributed by atoms with Gasteiger partial charge in [-0.3, -0.25) is 0 Å². The van der Waals surface area contributed by atoms with Crippen LogP contribution in [-0.2, 0) is 4.74 Å². The maximum absolute atomic E-state index is 14.3. The molecule has 0 bridgehead atoms. The van der Waals surface area contributed by atoms with E-state index in [2.05, 4.69) is 4.98 Å². The molecule has 1 amide bonds. The quantitative estimate of drug-likeness (QED) is 0.834. The summed E-state index contributed by atoms with van der Waals surface area (Å²) in [6, 6.07) is 3.10. The number of halogens is 2. The van der Waals surface area contributed by atoms with Crippen LogP contribution in [0.4, 0.5) is 13.6 Å². The Balaban J connectivity index is 2.17. The second-order valence-corrected chi connectivity index (χ2v) is 6.62. The molecule has 1 fully saturated rings. The lowest BCUT2D eigenvalue weighted by Gasteiger charge is -2.38. The zero-order valence-corrected chi connectivity index (χ0v) is 13.8. The number of ether oxygens (including phenoxy) is 2. The molecule has 0 saturated carbocycles. The van der Waals surface area contributed by atoms with Crippen molar-refractivity contribution in [3.63, 3.8) is 0 Å². The molecule has 0 spiro atoms. The van der Waals surface area contributed by atoms with Crippen molar-refractivity contribution in [3.05, 3.63) is 23.9 Å². The standard InChI is InChI=1S/C16H22F2N2O3/c1-15(2,3)23-14(21)20-8-7-16(17,18)12(10-20)11-5-6-13(22-4)19-9-11/h5-6,9,12H,7-8,10H2,1-4H3. The number of likely N-dealkylation sites (tertiary alicyclic amines) is 1. The molecule has 7 heteroatoms. The molecule has 0 N–H and O–H groups in total. The van der Waals surface area contributed by atoms with E-state index in [0.29, 0.717) is 11.4 Å². The number of aromatic nitrogens is 1. The molecular formula is C16H22F2N2O3. The maximum Gasteiger partial charge on any atom is 0.410 e. The van der Waals surface area contributed by atoms with Gasteiger partial charge >= 0.3 is 6.09 Å². The Hall–Kier alpha value is -1.92. The average molecular weight is 328 g/mol. The van der Waals surface area contributed by atoms with Crippen LogP contribution in [0.5, 0.6) is 5.88 Å². The van der Waals surface area contributed by atoms with Crippen LogP contribution in [0.15, 0.2) is 18.3 Å².